The van der Waals surface area contributed by atoms with Crippen molar-refractivity contribution >= 4 is 23.1 Å². The monoisotopic (exact) mass is 489 g/mol. The normalized spacial score (nSPS) is 18.3. The molecule has 0 spiro atoms. The van der Waals surface area contributed by atoms with Crippen molar-refractivity contribution in [1.29, 1.82) is 0 Å². The van der Waals surface area contributed by atoms with Gasteiger partial charge in [-0.25, -0.2) is 4.79 Å². The van der Waals surface area contributed by atoms with E-state index in [-0.39, 0.29) is 5.56 Å². The Hall–Kier alpha value is -3.12. The van der Waals surface area contributed by atoms with Crippen LogP contribution in [0.2, 0.25) is 5.02 Å². The van der Waals surface area contributed by atoms with Crippen molar-refractivity contribution in [3.05, 3.63) is 106 Å². The van der Waals surface area contributed by atoms with Gasteiger partial charge < -0.3 is 19.8 Å². The summed E-state index contributed by atoms with van der Waals surface area (Å²) in [6.07, 6.45) is 4.43. The van der Waals surface area contributed by atoms with Gasteiger partial charge in [-0.15, -0.1) is 0 Å². The Morgan fingerprint density at radius 1 is 1.03 bits per heavy atom. The van der Waals surface area contributed by atoms with Gasteiger partial charge in [0.15, 0.2) is 0 Å². The predicted octanol–water partition coefficient (Wildman–Crippen LogP) is 5.74. The maximum atomic E-state index is 11.5. The van der Waals surface area contributed by atoms with Crippen molar-refractivity contribution in [2.75, 3.05) is 19.6 Å². The molecule has 0 bridgehead atoms. The van der Waals surface area contributed by atoms with E-state index in [1.165, 1.54) is 0 Å². The highest BCUT2D eigenvalue weighted by Crippen LogP contribution is 2.38. The summed E-state index contributed by atoms with van der Waals surface area (Å²) in [5.74, 6) is -0.370. The number of carboxylic acids is 1. The standard InChI is InChI=1S/C29H28ClNO4/c30-23-10-8-22(9-11-23)29(34)13-16-31(17-14-29)15-3-6-25-24-5-2-1-4-21(24)19-35-27-18-20(28(32)33)7-12-26(25)27/h1-2,4-12,18,34H,3,13-17,19H2,(H,32,33)/b25-6+. The van der Waals surface area contributed by atoms with Crippen LogP contribution in [-0.2, 0) is 12.2 Å². The average molecular weight is 490 g/mol. The SMILES string of the molecule is O=C(O)c1ccc2c(c1)OCc1ccccc1/C2=C\CCN1CCC(O)(c2ccc(Cl)cc2)CC1. The summed E-state index contributed by atoms with van der Waals surface area (Å²) < 4.78 is 6.01. The Kier molecular flexibility index (Phi) is 6.65. The zero-order chi connectivity index (χ0) is 24.4. The van der Waals surface area contributed by atoms with E-state index in [0.717, 1.165) is 53.9 Å². The second kappa shape index (κ2) is 9.86. The van der Waals surface area contributed by atoms with Gasteiger partial charge in [0.05, 0.1) is 11.2 Å². The van der Waals surface area contributed by atoms with Gasteiger partial charge >= 0.3 is 5.97 Å². The van der Waals surface area contributed by atoms with Crippen LogP contribution in [0.3, 0.4) is 0 Å². The molecule has 3 aromatic rings. The molecule has 0 radical (unpaired) electrons. The Morgan fingerprint density at radius 2 is 1.77 bits per heavy atom. The first-order valence-corrected chi connectivity index (χ1v) is 12.3. The molecule has 180 valence electrons. The van der Waals surface area contributed by atoms with Crippen molar-refractivity contribution in [3.8, 4) is 5.75 Å². The van der Waals surface area contributed by atoms with Gasteiger partial charge in [0.2, 0.25) is 0 Å². The third kappa shape index (κ3) is 4.98. The van der Waals surface area contributed by atoms with E-state index in [9.17, 15) is 15.0 Å². The van der Waals surface area contributed by atoms with Gasteiger partial charge in [0.1, 0.15) is 12.4 Å². The number of ether oxygens (including phenoxy) is 1. The number of benzene rings is 3. The van der Waals surface area contributed by atoms with E-state index in [2.05, 4.69) is 23.1 Å². The molecule has 2 N–H and O–H groups in total. The van der Waals surface area contributed by atoms with Crippen molar-refractivity contribution < 1.29 is 19.7 Å². The molecule has 0 atom stereocenters. The highest BCUT2D eigenvalue weighted by molar-refractivity contribution is 6.30. The maximum absolute atomic E-state index is 11.5. The highest BCUT2D eigenvalue weighted by atomic mass is 35.5. The van der Waals surface area contributed by atoms with Crippen LogP contribution in [0.25, 0.3) is 5.57 Å². The van der Waals surface area contributed by atoms with Crippen LogP contribution in [0.5, 0.6) is 5.75 Å². The van der Waals surface area contributed by atoms with Gasteiger partial charge in [-0.2, -0.15) is 0 Å². The Labute approximate surface area is 210 Å². The molecule has 0 aromatic heterocycles. The molecule has 0 amide bonds. The summed E-state index contributed by atoms with van der Waals surface area (Å²) in [5, 5.41) is 21.2. The smallest absolute Gasteiger partial charge is 0.335 e. The lowest BCUT2D eigenvalue weighted by atomic mass is 9.84. The highest BCUT2D eigenvalue weighted by Gasteiger charge is 2.33. The van der Waals surface area contributed by atoms with Gasteiger partial charge in [-0.3, -0.25) is 0 Å². The number of hydrogen-bond donors (Lipinski definition) is 2. The lowest BCUT2D eigenvalue weighted by Gasteiger charge is -2.38. The number of nitrogens with zero attached hydrogens (tertiary/aromatic N) is 1. The van der Waals surface area contributed by atoms with Crippen LogP contribution in [0.1, 0.15) is 51.9 Å². The quantitative estimate of drug-likeness (QED) is 0.478. The Balaban J connectivity index is 1.32. The number of piperidine rings is 1. The third-order valence-electron chi connectivity index (χ3n) is 7.07. The van der Waals surface area contributed by atoms with Gasteiger partial charge in [0.25, 0.3) is 0 Å². The molecule has 3 aromatic carbocycles. The minimum Gasteiger partial charge on any atom is -0.488 e. The second-order valence-electron chi connectivity index (χ2n) is 9.25. The minimum atomic E-state index is -0.965. The predicted molar refractivity (Wildman–Crippen MR) is 137 cm³/mol. The molecule has 0 aliphatic carbocycles. The van der Waals surface area contributed by atoms with E-state index in [1.807, 2.05) is 42.5 Å². The first-order chi connectivity index (χ1) is 16.9. The summed E-state index contributed by atoms with van der Waals surface area (Å²) >= 11 is 6.01. The molecular formula is C29H28ClNO4. The van der Waals surface area contributed by atoms with Crippen molar-refractivity contribution in [1.82, 2.24) is 4.90 Å². The molecule has 0 unspecified atom stereocenters. The van der Waals surface area contributed by atoms with E-state index >= 15 is 0 Å². The first kappa shape index (κ1) is 23.6. The topological polar surface area (TPSA) is 70.0 Å². The molecule has 35 heavy (non-hydrogen) atoms. The molecule has 1 saturated heterocycles. The summed E-state index contributed by atoms with van der Waals surface area (Å²) in [6.45, 7) is 2.92. The number of hydrogen-bond acceptors (Lipinski definition) is 4. The fourth-order valence-electron chi connectivity index (χ4n) is 5.01. The molecule has 5 nitrogen and oxygen atoms in total. The third-order valence-corrected chi connectivity index (χ3v) is 7.32. The number of carboxylic acid groups (broad SMARTS) is 1. The maximum Gasteiger partial charge on any atom is 0.335 e. The van der Waals surface area contributed by atoms with Crippen LogP contribution in [0, 0.1) is 0 Å². The lowest BCUT2D eigenvalue weighted by Crippen LogP contribution is -2.42. The average Bonchev–Trinajstić information content (AvgIpc) is 3.02. The zero-order valence-corrected chi connectivity index (χ0v) is 20.2. The molecule has 5 rings (SSSR count). The largest absolute Gasteiger partial charge is 0.488 e. The molecule has 2 heterocycles. The zero-order valence-electron chi connectivity index (χ0n) is 19.4. The van der Waals surface area contributed by atoms with Crippen LogP contribution in [0.4, 0.5) is 0 Å². The van der Waals surface area contributed by atoms with Crippen LogP contribution in [-0.4, -0.2) is 40.7 Å². The number of fused-ring (bicyclic) bond motifs is 2. The van der Waals surface area contributed by atoms with E-state index in [0.29, 0.717) is 30.2 Å². The Bertz CT molecular complexity index is 1260. The number of aliphatic hydroxyl groups is 1. The Morgan fingerprint density at radius 3 is 2.51 bits per heavy atom. The second-order valence-corrected chi connectivity index (χ2v) is 9.68. The van der Waals surface area contributed by atoms with Crippen LogP contribution >= 0.6 is 11.6 Å². The van der Waals surface area contributed by atoms with Crippen molar-refractivity contribution in [2.24, 2.45) is 0 Å². The summed E-state index contributed by atoms with van der Waals surface area (Å²) in [4.78, 5) is 13.9. The fraction of sp³-hybridized carbons (Fsp3) is 0.276. The molecule has 1 fully saturated rings. The minimum absolute atomic E-state index is 0.218. The summed E-state index contributed by atoms with van der Waals surface area (Å²) in [5.41, 5.74) is 4.52. The van der Waals surface area contributed by atoms with Gasteiger partial charge in [0, 0.05) is 30.2 Å². The van der Waals surface area contributed by atoms with Crippen LogP contribution in [0.15, 0.2) is 72.8 Å². The van der Waals surface area contributed by atoms with Crippen LogP contribution < -0.4 is 4.74 Å². The summed E-state index contributed by atoms with van der Waals surface area (Å²) in [7, 11) is 0. The first-order valence-electron chi connectivity index (χ1n) is 11.9. The molecule has 2 aliphatic rings. The number of halogens is 1. The number of carbonyl (C=O) groups is 1. The molecule has 6 heteroatoms. The number of aromatic carboxylic acids is 1. The molecule has 0 saturated carbocycles. The van der Waals surface area contributed by atoms with Crippen molar-refractivity contribution in [2.45, 2.75) is 31.5 Å². The molecular weight excluding hydrogens is 462 g/mol. The van der Waals surface area contributed by atoms with Gasteiger partial charge in [-0.1, -0.05) is 54.1 Å². The van der Waals surface area contributed by atoms with E-state index in [4.69, 9.17) is 16.3 Å². The number of rotatable bonds is 5. The van der Waals surface area contributed by atoms with E-state index in [1.54, 1.807) is 12.1 Å². The van der Waals surface area contributed by atoms with Gasteiger partial charge in [-0.05, 0) is 71.9 Å². The van der Waals surface area contributed by atoms with Crippen molar-refractivity contribution in [3.63, 3.8) is 0 Å². The van der Waals surface area contributed by atoms with E-state index < -0.39 is 11.6 Å². The fourth-order valence-corrected chi connectivity index (χ4v) is 5.14. The lowest BCUT2D eigenvalue weighted by molar-refractivity contribution is -0.0254. The summed E-state index contributed by atoms with van der Waals surface area (Å²) in [6, 6.07) is 20.8. The number of likely N-dealkylation sites (tertiary alicyclic amines) is 1. The molecule has 2 aliphatic heterocycles.